The number of carboxylic acids is 1. The second kappa shape index (κ2) is 8.29. The van der Waals surface area contributed by atoms with Crippen molar-refractivity contribution in [3.63, 3.8) is 0 Å². The number of carboxylic acid groups (broad SMARTS) is 1. The van der Waals surface area contributed by atoms with E-state index < -0.39 is 18.2 Å². The van der Waals surface area contributed by atoms with E-state index in [-0.39, 0.29) is 47.0 Å². The van der Waals surface area contributed by atoms with Gasteiger partial charge in [0.2, 0.25) is 0 Å². The van der Waals surface area contributed by atoms with Gasteiger partial charge in [-0.1, -0.05) is 34.1 Å². The van der Waals surface area contributed by atoms with Crippen LogP contribution in [0.2, 0.25) is 0 Å². The number of fused-ring (bicyclic) bond motifs is 5. The molecule has 4 rings (SSSR count). The highest BCUT2D eigenvalue weighted by atomic mass is 16.4. The van der Waals surface area contributed by atoms with E-state index in [4.69, 9.17) is 5.11 Å². The van der Waals surface area contributed by atoms with E-state index in [2.05, 4.69) is 27.7 Å². The van der Waals surface area contributed by atoms with Crippen LogP contribution >= 0.6 is 0 Å². The van der Waals surface area contributed by atoms with Gasteiger partial charge in [0.1, 0.15) is 0 Å². The second-order valence-corrected chi connectivity index (χ2v) is 12.2. The van der Waals surface area contributed by atoms with E-state index in [1.54, 1.807) is 0 Å². The van der Waals surface area contributed by atoms with Crippen molar-refractivity contribution >= 4 is 5.97 Å². The molecule has 0 spiro atoms. The van der Waals surface area contributed by atoms with Gasteiger partial charge < -0.3 is 20.4 Å². The average Bonchev–Trinajstić information content (AvgIpc) is 3.04. The molecule has 5 nitrogen and oxygen atoms in total. The minimum absolute atomic E-state index is 0.0302. The number of hydrogen-bond donors (Lipinski definition) is 4. The van der Waals surface area contributed by atoms with Crippen molar-refractivity contribution < 1.29 is 25.2 Å². The molecule has 0 heterocycles. The van der Waals surface area contributed by atoms with E-state index in [1.165, 1.54) is 0 Å². The van der Waals surface area contributed by atoms with Gasteiger partial charge in [0.25, 0.3) is 0 Å². The summed E-state index contributed by atoms with van der Waals surface area (Å²) in [6, 6.07) is 0. The predicted octanol–water partition coefficient (Wildman–Crippen LogP) is 4.08. The lowest BCUT2D eigenvalue weighted by molar-refractivity contribution is -0.235. The molecule has 0 saturated heterocycles. The van der Waals surface area contributed by atoms with Gasteiger partial charge in [-0.3, -0.25) is 4.79 Å². The lowest BCUT2D eigenvalue weighted by Gasteiger charge is -2.66. The van der Waals surface area contributed by atoms with E-state index in [0.29, 0.717) is 24.2 Å². The number of hydrogen-bond acceptors (Lipinski definition) is 4. The molecule has 4 saturated carbocycles. The van der Waals surface area contributed by atoms with Crippen LogP contribution in [0, 0.1) is 52.3 Å². The van der Waals surface area contributed by atoms with Crippen molar-refractivity contribution in [1.82, 2.24) is 0 Å². The maximum Gasteiger partial charge on any atom is 0.303 e. The van der Waals surface area contributed by atoms with Gasteiger partial charge >= 0.3 is 5.97 Å². The SMILES string of the molecule is CC[C@H]1C(O)C2C3CC[C@H]([C@H](C)CCC(=O)O)[C@@]3(C)C[C@H](O)C2[C@@]2(C)CC[C@@H](O)C[C@@H]12. The molecule has 5 heteroatoms. The number of aliphatic carboxylic acids is 1. The van der Waals surface area contributed by atoms with Crippen LogP contribution in [-0.2, 0) is 4.79 Å². The van der Waals surface area contributed by atoms with Crippen LogP contribution in [0.4, 0.5) is 0 Å². The molecular weight excluding hydrogens is 392 g/mol. The normalized spacial score (nSPS) is 52.7. The average molecular weight is 437 g/mol. The Balaban J connectivity index is 1.66. The van der Waals surface area contributed by atoms with Crippen molar-refractivity contribution in [2.24, 2.45) is 52.3 Å². The molecule has 12 atom stereocenters. The van der Waals surface area contributed by atoms with E-state index in [1.807, 2.05) is 0 Å². The van der Waals surface area contributed by atoms with Crippen molar-refractivity contribution in [2.75, 3.05) is 0 Å². The third kappa shape index (κ3) is 3.58. The number of rotatable bonds is 5. The van der Waals surface area contributed by atoms with Crippen molar-refractivity contribution in [3.05, 3.63) is 0 Å². The highest BCUT2D eigenvalue weighted by Gasteiger charge is 2.67. The summed E-state index contributed by atoms with van der Waals surface area (Å²) in [5.41, 5.74) is -0.0767. The molecule has 4 fully saturated rings. The summed E-state index contributed by atoms with van der Waals surface area (Å²) < 4.78 is 0. The number of carbonyl (C=O) groups is 1. The molecule has 0 radical (unpaired) electrons. The Labute approximate surface area is 187 Å². The quantitative estimate of drug-likeness (QED) is 0.520. The lowest BCUT2D eigenvalue weighted by atomic mass is 9.40. The minimum Gasteiger partial charge on any atom is -0.481 e. The lowest BCUT2D eigenvalue weighted by Crippen LogP contribution is -2.65. The van der Waals surface area contributed by atoms with Crippen molar-refractivity contribution in [1.29, 1.82) is 0 Å². The van der Waals surface area contributed by atoms with Gasteiger partial charge in [-0.25, -0.2) is 0 Å². The fourth-order valence-corrected chi connectivity index (χ4v) is 9.60. The first-order valence-corrected chi connectivity index (χ1v) is 12.8. The van der Waals surface area contributed by atoms with Gasteiger partial charge in [-0.15, -0.1) is 0 Å². The Hall–Kier alpha value is -0.650. The third-order valence-electron chi connectivity index (χ3n) is 10.9. The van der Waals surface area contributed by atoms with Crippen LogP contribution in [0.25, 0.3) is 0 Å². The van der Waals surface area contributed by atoms with Crippen LogP contribution in [0.1, 0.15) is 85.5 Å². The van der Waals surface area contributed by atoms with Gasteiger partial charge in [-0.05, 0) is 97.2 Å². The fourth-order valence-electron chi connectivity index (χ4n) is 9.60. The van der Waals surface area contributed by atoms with Crippen LogP contribution in [0.15, 0.2) is 0 Å². The first-order valence-electron chi connectivity index (χ1n) is 12.8. The summed E-state index contributed by atoms with van der Waals surface area (Å²) in [4.78, 5) is 11.1. The molecule has 4 N–H and O–H groups in total. The molecule has 0 aliphatic heterocycles. The molecule has 31 heavy (non-hydrogen) atoms. The molecule has 0 amide bonds. The number of aliphatic hydroxyl groups excluding tert-OH is 3. The molecule has 4 unspecified atom stereocenters. The van der Waals surface area contributed by atoms with Gasteiger partial charge in [0.05, 0.1) is 18.3 Å². The zero-order valence-corrected chi connectivity index (χ0v) is 19.8. The highest BCUT2D eigenvalue weighted by molar-refractivity contribution is 5.66. The van der Waals surface area contributed by atoms with Crippen molar-refractivity contribution in [3.8, 4) is 0 Å². The Kier molecular flexibility index (Phi) is 6.28. The summed E-state index contributed by atoms with van der Waals surface area (Å²) in [5.74, 6) is 1.00. The summed E-state index contributed by atoms with van der Waals surface area (Å²) in [6.45, 7) is 9.01. The maximum atomic E-state index is 11.7. The van der Waals surface area contributed by atoms with Gasteiger partial charge in [0.15, 0.2) is 0 Å². The third-order valence-corrected chi connectivity index (χ3v) is 10.9. The monoisotopic (exact) mass is 436 g/mol. The summed E-state index contributed by atoms with van der Waals surface area (Å²) in [6.07, 6.45) is 6.04. The Bertz CT molecular complexity index is 681. The molecular formula is C26H44O5. The van der Waals surface area contributed by atoms with E-state index in [0.717, 1.165) is 44.9 Å². The second-order valence-electron chi connectivity index (χ2n) is 12.2. The summed E-state index contributed by atoms with van der Waals surface area (Å²) in [5, 5.41) is 42.9. The van der Waals surface area contributed by atoms with Crippen LogP contribution in [0.3, 0.4) is 0 Å². The molecule has 4 aliphatic carbocycles. The van der Waals surface area contributed by atoms with Crippen LogP contribution < -0.4 is 0 Å². The summed E-state index contributed by atoms with van der Waals surface area (Å²) in [7, 11) is 0. The van der Waals surface area contributed by atoms with Crippen LogP contribution in [0.5, 0.6) is 0 Å². The molecule has 0 aromatic rings. The predicted molar refractivity (Wildman–Crippen MR) is 119 cm³/mol. The maximum absolute atomic E-state index is 11.7. The molecule has 178 valence electrons. The van der Waals surface area contributed by atoms with Gasteiger partial charge in [0, 0.05) is 6.42 Å². The standard InChI is InChI=1S/C26H44O5/c1-5-16-19-12-15(27)10-11-25(19,3)23-20(28)13-26(4)17(14(2)6-9-21(29)30)7-8-18(26)22(23)24(16)31/h14-20,22-24,27-28,31H,5-13H2,1-4H3,(H,29,30)/t14-,15-,16-,17-,18?,19+,20+,22?,23?,24?,25+,26-/m1/s1. The summed E-state index contributed by atoms with van der Waals surface area (Å²) >= 11 is 0. The molecule has 0 bridgehead atoms. The first kappa shape index (κ1) is 23.5. The topological polar surface area (TPSA) is 98.0 Å². The zero-order chi connectivity index (χ0) is 22.7. The van der Waals surface area contributed by atoms with Crippen LogP contribution in [-0.4, -0.2) is 44.7 Å². The Morgan fingerprint density at radius 2 is 1.77 bits per heavy atom. The smallest absolute Gasteiger partial charge is 0.303 e. The Morgan fingerprint density at radius 3 is 2.42 bits per heavy atom. The minimum atomic E-state index is -0.734. The first-order chi connectivity index (χ1) is 14.5. The number of aliphatic hydroxyl groups is 3. The van der Waals surface area contributed by atoms with Gasteiger partial charge in [-0.2, -0.15) is 0 Å². The zero-order valence-electron chi connectivity index (χ0n) is 19.8. The largest absolute Gasteiger partial charge is 0.481 e. The molecule has 0 aromatic carbocycles. The van der Waals surface area contributed by atoms with E-state index in [9.17, 15) is 20.1 Å². The van der Waals surface area contributed by atoms with E-state index >= 15 is 0 Å². The Morgan fingerprint density at radius 1 is 1.06 bits per heavy atom. The highest BCUT2D eigenvalue weighted by Crippen LogP contribution is 2.69. The van der Waals surface area contributed by atoms with Crippen molar-refractivity contribution in [2.45, 2.75) is 104 Å². The fraction of sp³-hybridized carbons (Fsp3) is 0.962. The molecule has 4 aliphatic rings. The molecule has 0 aromatic heterocycles.